The van der Waals surface area contributed by atoms with Crippen LogP contribution < -0.4 is 5.32 Å². The van der Waals surface area contributed by atoms with Gasteiger partial charge in [0, 0.05) is 27.1 Å². The number of hydrogen-bond acceptors (Lipinski definition) is 1. The number of H-pyrrole nitrogens is 1. The second-order valence-electron chi connectivity index (χ2n) is 4.73. The molecular weight excluding hydrogens is 264 g/mol. The SMILES string of the molecule is CC1(c2cccc3[nH]cc(Br)c23)CCCN1. The fourth-order valence-corrected chi connectivity index (χ4v) is 3.27. The summed E-state index contributed by atoms with van der Waals surface area (Å²) in [5.74, 6) is 0. The number of rotatable bonds is 1. The van der Waals surface area contributed by atoms with Gasteiger partial charge in [0.15, 0.2) is 0 Å². The predicted octanol–water partition coefficient (Wildman–Crippen LogP) is 3.53. The lowest BCUT2D eigenvalue weighted by atomic mass is 9.88. The lowest BCUT2D eigenvalue weighted by molar-refractivity contribution is 0.438. The summed E-state index contributed by atoms with van der Waals surface area (Å²) in [4.78, 5) is 3.29. The highest BCUT2D eigenvalue weighted by Crippen LogP contribution is 2.37. The highest BCUT2D eigenvalue weighted by atomic mass is 79.9. The van der Waals surface area contributed by atoms with E-state index in [0.717, 1.165) is 11.0 Å². The molecule has 2 nitrogen and oxygen atoms in total. The van der Waals surface area contributed by atoms with Crippen molar-refractivity contribution in [2.24, 2.45) is 0 Å². The molecule has 1 atom stereocenters. The third kappa shape index (κ3) is 1.42. The molecule has 0 saturated carbocycles. The topological polar surface area (TPSA) is 27.8 Å². The van der Waals surface area contributed by atoms with Crippen LogP contribution in [-0.2, 0) is 5.54 Å². The van der Waals surface area contributed by atoms with Gasteiger partial charge in [-0.3, -0.25) is 0 Å². The second kappa shape index (κ2) is 3.60. The summed E-state index contributed by atoms with van der Waals surface area (Å²) in [7, 11) is 0. The van der Waals surface area contributed by atoms with E-state index >= 15 is 0 Å². The Bertz CT molecular complexity index is 524. The van der Waals surface area contributed by atoms with Gasteiger partial charge >= 0.3 is 0 Å². The Hall–Kier alpha value is -0.800. The number of benzene rings is 1. The van der Waals surface area contributed by atoms with Gasteiger partial charge in [-0.25, -0.2) is 0 Å². The van der Waals surface area contributed by atoms with E-state index in [2.05, 4.69) is 51.4 Å². The predicted molar refractivity (Wildman–Crippen MR) is 70.6 cm³/mol. The minimum absolute atomic E-state index is 0.129. The summed E-state index contributed by atoms with van der Waals surface area (Å²) in [5, 5.41) is 4.94. The molecule has 16 heavy (non-hydrogen) atoms. The molecule has 1 aromatic heterocycles. The maximum absolute atomic E-state index is 3.63. The molecule has 2 N–H and O–H groups in total. The van der Waals surface area contributed by atoms with Gasteiger partial charge in [0.1, 0.15) is 0 Å². The van der Waals surface area contributed by atoms with Crippen molar-refractivity contribution in [1.29, 1.82) is 0 Å². The molecule has 0 amide bonds. The first-order valence-electron chi connectivity index (χ1n) is 5.72. The monoisotopic (exact) mass is 278 g/mol. The van der Waals surface area contributed by atoms with Crippen LogP contribution in [-0.4, -0.2) is 11.5 Å². The molecule has 2 heterocycles. The van der Waals surface area contributed by atoms with E-state index < -0.39 is 0 Å². The second-order valence-corrected chi connectivity index (χ2v) is 5.58. The molecule has 1 aliphatic rings. The maximum Gasteiger partial charge on any atom is 0.0469 e. The molecular formula is C13H15BrN2. The largest absolute Gasteiger partial charge is 0.360 e. The quantitative estimate of drug-likeness (QED) is 0.821. The Labute approximate surface area is 104 Å². The number of fused-ring (bicyclic) bond motifs is 1. The van der Waals surface area contributed by atoms with Crippen LogP contribution in [0.3, 0.4) is 0 Å². The van der Waals surface area contributed by atoms with Gasteiger partial charge in [0.05, 0.1) is 0 Å². The van der Waals surface area contributed by atoms with Crippen molar-refractivity contribution >= 4 is 26.8 Å². The minimum Gasteiger partial charge on any atom is -0.360 e. The molecule has 84 valence electrons. The van der Waals surface area contributed by atoms with Gasteiger partial charge in [-0.05, 0) is 53.9 Å². The average molecular weight is 279 g/mol. The number of halogens is 1. The van der Waals surface area contributed by atoms with Crippen molar-refractivity contribution in [3.63, 3.8) is 0 Å². The van der Waals surface area contributed by atoms with E-state index in [0.29, 0.717) is 0 Å². The van der Waals surface area contributed by atoms with Crippen molar-refractivity contribution < 1.29 is 0 Å². The van der Waals surface area contributed by atoms with Gasteiger partial charge < -0.3 is 10.3 Å². The van der Waals surface area contributed by atoms with Gasteiger partial charge in [-0.1, -0.05) is 12.1 Å². The smallest absolute Gasteiger partial charge is 0.0469 e. The number of aromatic amines is 1. The molecule has 1 fully saturated rings. The first-order chi connectivity index (χ1) is 7.71. The minimum atomic E-state index is 0.129. The van der Waals surface area contributed by atoms with E-state index in [1.807, 2.05) is 6.20 Å². The van der Waals surface area contributed by atoms with Crippen molar-refractivity contribution in [3.05, 3.63) is 34.4 Å². The fourth-order valence-electron chi connectivity index (χ4n) is 2.73. The van der Waals surface area contributed by atoms with Crippen molar-refractivity contribution in [2.45, 2.75) is 25.3 Å². The number of aromatic nitrogens is 1. The molecule has 0 aliphatic carbocycles. The van der Waals surface area contributed by atoms with Crippen LogP contribution >= 0.6 is 15.9 Å². The Morgan fingerprint density at radius 2 is 2.25 bits per heavy atom. The lowest BCUT2D eigenvalue weighted by Gasteiger charge is -2.26. The molecule has 1 unspecified atom stereocenters. The summed E-state index contributed by atoms with van der Waals surface area (Å²) in [6.07, 6.45) is 4.49. The van der Waals surface area contributed by atoms with Gasteiger partial charge in [0.25, 0.3) is 0 Å². The van der Waals surface area contributed by atoms with Crippen LogP contribution in [0.2, 0.25) is 0 Å². The molecule has 0 bridgehead atoms. The van der Waals surface area contributed by atoms with Crippen LogP contribution in [0, 0.1) is 0 Å². The van der Waals surface area contributed by atoms with Crippen LogP contribution in [0.4, 0.5) is 0 Å². The van der Waals surface area contributed by atoms with Crippen molar-refractivity contribution in [3.8, 4) is 0 Å². The van der Waals surface area contributed by atoms with Gasteiger partial charge in [0.2, 0.25) is 0 Å². The molecule has 0 radical (unpaired) electrons. The summed E-state index contributed by atoms with van der Waals surface area (Å²) in [6, 6.07) is 6.49. The molecule has 0 spiro atoms. The van der Waals surface area contributed by atoms with E-state index in [9.17, 15) is 0 Å². The van der Waals surface area contributed by atoms with E-state index in [4.69, 9.17) is 0 Å². The molecule has 2 aromatic rings. The highest BCUT2D eigenvalue weighted by Gasteiger charge is 2.31. The Kier molecular flexibility index (Phi) is 2.33. The normalized spacial score (nSPS) is 25.4. The summed E-state index contributed by atoms with van der Waals surface area (Å²) in [6.45, 7) is 3.42. The number of nitrogens with one attached hydrogen (secondary N) is 2. The zero-order valence-corrected chi connectivity index (χ0v) is 10.9. The van der Waals surface area contributed by atoms with Gasteiger partial charge in [-0.15, -0.1) is 0 Å². The summed E-state index contributed by atoms with van der Waals surface area (Å²) in [5.41, 5.74) is 2.74. The van der Waals surface area contributed by atoms with E-state index in [-0.39, 0.29) is 5.54 Å². The molecule has 3 rings (SSSR count). The van der Waals surface area contributed by atoms with Crippen molar-refractivity contribution in [1.82, 2.24) is 10.3 Å². The Balaban J connectivity index is 2.26. The Morgan fingerprint density at radius 1 is 1.38 bits per heavy atom. The lowest BCUT2D eigenvalue weighted by Crippen LogP contribution is -2.33. The fraction of sp³-hybridized carbons (Fsp3) is 0.385. The van der Waals surface area contributed by atoms with E-state index in [1.54, 1.807) is 0 Å². The zero-order chi connectivity index (χ0) is 11.2. The average Bonchev–Trinajstić information content (AvgIpc) is 2.87. The molecule has 3 heteroatoms. The third-order valence-electron chi connectivity index (χ3n) is 3.62. The first-order valence-corrected chi connectivity index (χ1v) is 6.51. The highest BCUT2D eigenvalue weighted by molar-refractivity contribution is 9.10. The molecule has 1 aliphatic heterocycles. The summed E-state index contributed by atoms with van der Waals surface area (Å²) >= 11 is 3.63. The van der Waals surface area contributed by atoms with Crippen LogP contribution in [0.5, 0.6) is 0 Å². The number of hydrogen-bond donors (Lipinski definition) is 2. The molecule has 1 aromatic carbocycles. The zero-order valence-electron chi connectivity index (χ0n) is 9.31. The summed E-state index contributed by atoms with van der Waals surface area (Å²) < 4.78 is 1.16. The standard InChI is InChI=1S/C13H15BrN2/c1-13(6-3-7-16-13)9-4-2-5-11-12(9)10(14)8-15-11/h2,4-5,8,15-16H,3,6-7H2,1H3. The van der Waals surface area contributed by atoms with E-state index in [1.165, 1.54) is 29.3 Å². The molecule has 1 saturated heterocycles. The first kappa shape index (κ1) is 10.4. The third-order valence-corrected chi connectivity index (χ3v) is 4.25. The van der Waals surface area contributed by atoms with Crippen LogP contribution in [0.25, 0.3) is 10.9 Å². The van der Waals surface area contributed by atoms with Gasteiger partial charge in [-0.2, -0.15) is 0 Å². The Morgan fingerprint density at radius 3 is 3.00 bits per heavy atom. The van der Waals surface area contributed by atoms with Crippen molar-refractivity contribution in [2.75, 3.05) is 6.54 Å². The maximum atomic E-state index is 3.63. The van der Waals surface area contributed by atoms with Crippen LogP contribution in [0.15, 0.2) is 28.9 Å². The van der Waals surface area contributed by atoms with Crippen LogP contribution in [0.1, 0.15) is 25.3 Å².